The van der Waals surface area contributed by atoms with Crippen molar-refractivity contribution < 1.29 is 19.1 Å². The Morgan fingerprint density at radius 1 is 1.08 bits per heavy atom. The lowest BCUT2D eigenvalue weighted by molar-refractivity contribution is -0.139. The summed E-state index contributed by atoms with van der Waals surface area (Å²) in [4.78, 5) is 24.9. The molecule has 134 valence electrons. The topological polar surface area (TPSA) is 76.7 Å². The summed E-state index contributed by atoms with van der Waals surface area (Å²) in [5.74, 6) is -0.0532. The fourth-order valence-electron chi connectivity index (χ4n) is 2.25. The van der Waals surface area contributed by atoms with E-state index in [2.05, 4.69) is 22.1 Å². The quantitative estimate of drug-likeness (QED) is 0.739. The summed E-state index contributed by atoms with van der Waals surface area (Å²) in [5.41, 5.74) is 1.97. The lowest BCUT2D eigenvalue weighted by Crippen LogP contribution is -2.40. The molecule has 0 saturated heterocycles. The van der Waals surface area contributed by atoms with Crippen molar-refractivity contribution in [3.63, 3.8) is 0 Å². The number of carbonyl (C=O) groups is 2. The van der Waals surface area contributed by atoms with Gasteiger partial charge in [0.1, 0.15) is 11.5 Å². The van der Waals surface area contributed by atoms with Crippen molar-refractivity contribution >= 4 is 23.2 Å². The minimum absolute atomic E-state index is 0.198. The van der Waals surface area contributed by atoms with Crippen LogP contribution in [0.2, 0.25) is 0 Å². The molecule has 1 aromatic carbocycles. The molecule has 2 rings (SSSR count). The predicted octanol–water partition coefficient (Wildman–Crippen LogP) is 2.05. The molecule has 1 heterocycles. The molecule has 0 aliphatic carbocycles. The van der Waals surface area contributed by atoms with Crippen LogP contribution in [0.5, 0.6) is 11.5 Å². The summed E-state index contributed by atoms with van der Waals surface area (Å²) in [7, 11) is 3.11. The molecule has 0 aliphatic rings. The summed E-state index contributed by atoms with van der Waals surface area (Å²) in [5, 5.41) is 7.28. The first-order chi connectivity index (χ1) is 12.0. The maximum absolute atomic E-state index is 11.9. The highest BCUT2D eigenvalue weighted by atomic mass is 32.1. The summed E-state index contributed by atoms with van der Waals surface area (Å²) < 4.78 is 10.4. The molecular weight excluding hydrogens is 340 g/mol. The van der Waals surface area contributed by atoms with Gasteiger partial charge in [0.15, 0.2) is 0 Å². The Bertz CT molecular complexity index is 742. The molecule has 2 aromatic rings. The number of aryl methyl sites for hydroxylation is 1. The van der Waals surface area contributed by atoms with Gasteiger partial charge in [0.2, 0.25) is 0 Å². The lowest BCUT2D eigenvalue weighted by atomic mass is 10.2. The van der Waals surface area contributed by atoms with Crippen LogP contribution in [0.3, 0.4) is 0 Å². The van der Waals surface area contributed by atoms with E-state index in [0.29, 0.717) is 24.5 Å². The number of hydrogen-bond donors (Lipinski definition) is 2. The third-order valence-electron chi connectivity index (χ3n) is 3.58. The van der Waals surface area contributed by atoms with Crippen LogP contribution in [0.15, 0.2) is 29.6 Å². The number of amides is 2. The van der Waals surface area contributed by atoms with Crippen molar-refractivity contribution in [2.45, 2.75) is 19.9 Å². The molecule has 25 heavy (non-hydrogen) atoms. The molecule has 7 heteroatoms. The molecule has 2 amide bonds. The van der Waals surface area contributed by atoms with E-state index in [4.69, 9.17) is 9.47 Å². The SMILES string of the molecule is COc1ccc(CNC(=O)C(=O)NCCc2cc(C)cs2)c(OC)c1. The molecule has 0 unspecified atom stereocenters. The number of benzene rings is 1. The highest BCUT2D eigenvalue weighted by molar-refractivity contribution is 7.10. The second-order valence-corrected chi connectivity index (χ2v) is 6.45. The smallest absolute Gasteiger partial charge is 0.309 e. The number of thiophene rings is 1. The van der Waals surface area contributed by atoms with Crippen LogP contribution in [0.4, 0.5) is 0 Å². The summed E-state index contributed by atoms with van der Waals surface area (Å²) in [6.45, 7) is 2.65. The minimum Gasteiger partial charge on any atom is -0.497 e. The van der Waals surface area contributed by atoms with E-state index in [0.717, 1.165) is 5.56 Å². The second-order valence-electron chi connectivity index (χ2n) is 5.46. The van der Waals surface area contributed by atoms with Gasteiger partial charge in [-0.2, -0.15) is 0 Å². The van der Waals surface area contributed by atoms with Crippen molar-refractivity contribution in [1.29, 1.82) is 0 Å². The molecule has 1 aromatic heterocycles. The lowest BCUT2D eigenvalue weighted by Gasteiger charge is -2.11. The van der Waals surface area contributed by atoms with Gasteiger partial charge in [0, 0.05) is 29.6 Å². The minimum atomic E-state index is -0.666. The van der Waals surface area contributed by atoms with Gasteiger partial charge in [-0.15, -0.1) is 11.3 Å². The Morgan fingerprint density at radius 2 is 1.84 bits per heavy atom. The first-order valence-electron chi connectivity index (χ1n) is 7.84. The first-order valence-corrected chi connectivity index (χ1v) is 8.72. The fourth-order valence-corrected chi connectivity index (χ4v) is 3.13. The van der Waals surface area contributed by atoms with Crippen LogP contribution < -0.4 is 20.1 Å². The van der Waals surface area contributed by atoms with Gasteiger partial charge in [-0.3, -0.25) is 9.59 Å². The molecule has 0 fully saturated rings. The average Bonchev–Trinajstić information content (AvgIpc) is 3.04. The largest absolute Gasteiger partial charge is 0.497 e. The highest BCUT2D eigenvalue weighted by Gasteiger charge is 2.14. The number of hydrogen-bond acceptors (Lipinski definition) is 5. The van der Waals surface area contributed by atoms with E-state index >= 15 is 0 Å². The number of rotatable bonds is 7. The normalized spacial score (nSPS) is 10.2. The van der Waals surface area contributed by atoms with Crippen molar-refractivity contribution in [1.82, 2.24) is 10.6 Å². The summed E-state index contributed by atoms with van der Waals surface area (Å²) in [6.07, 6.45) is 0.712. The third-order valence-corrected chi connectivity index (χ3v) is 4.70. The maximum atomic E-state index is 11.9. The molecule has 0 spiro atoms. The van der Waals surface area contributed by atoms with Gasteiger partial charge in [-0.25, -0.2) is 0 Å². The van der Waals surface area contributed by atoms with Crippen LogP contribution in [0.25, 0.3) is 0 Å². The highest BCUT2D eigenvalue weighted by Crippen LogP contribution is 2.24. The number of methoxy groups -OCH3 is 2. The van der Waals surface area contributed by atoms with Gasteiger partial charge < -0.3 is 20.1 Å². The van der Waals surface area contributed by atoms with Gasteiger partial charge >= 0.3 is 11.8 Å². The Labute approximate surface area is 151 Å². The summed E-state index contributed by atoms with van der Waals surface area (Å²) in [6, 6.07) is 7.36. The monoisotopic (exact) mass is 362 g/mol. The second kappa shape index (κ2) is 9.08. The molecule has 0 atom stereocenters. The average molecular weight is 362 g/mol. The fraction of sp³-hybridized carbons (Fsp3) is 0.333. The zero-order chi connectivity index (χ0) is 18.2. The Hall–Kier alpha value is -2.54. The maximum Gasteiger partial charge on any atom is 0.309 e. The van der Waals surface area contributed by atoms with E-state index in [1.54, 1.807) is 43.8 Å². The van der Waals surface area contributed by atoms with E-state index in [1.165, 1.54) is 10.4 Å². The number of ether oxygens (including phenoxy) is 2. The predicted molar refractivity (Wildman–Crippen MR) is 97.2 cm³/mol. The molecule has 6 nitrogen and oxygen atoms in total. The molecule has 0 aliphatic heterocycles. The molecular formula is C18H22N2O4S. The zero-order valence-corrected chi connectivity index (χ0v) is 15.4. The van der Waals surface area contributed by atoms with Gasteiger partial charge in [-0.1, -0.05) is 0 Å². The van der Waals surface area contributed by atoms with E-state index in [1.807, 2.05) is 6.92 Å². The van der Waals surface area contributed by atoms with Crippen LogP contribution in [-0.4, -0.2) is 32.6 Å². The Balaban J connectivity index is 1.80. The van der Waals surface area contributed by atoms with Gasteiger partial charge in [0.25, 0.3) is 0 Å². The van der Waals surface area contributed by atoms with Crippen LogP contribution >= 0.6 is 11.3 Å². The Morgan fingerprint density at radius 3 is 2.48 bits per heavy atom. The van der Waals surface area contributed by atoms with Crippen molar-refractivity contribution in [2.24, 2.45) is 0 Å². The third kappa shape index (κ3) is 5.49. The number of nitrogens with one attached hydrogen (secondary N) is 2. The van der Waals surface area contributed by atoms with Crippen LogP contribution in [0.1, 0.15) is 16.0 Å². The van der Waals surface area contributed by atoms with E-state index in [-0.39, 0.29) is 6.54 Å². The van der Waals surface area contributed by atoms with Crippen LogP contribution in [-0.2, 0) is 22.6 Å². The molecule has 0 bridgehead atoms. The molecule has 0 radical (unpaired) electrons. The Kier molecular flexibility index (Phi) is 6.82. The summed E-state index contributed by atoms with van der Waals surface area (Å²) >= 11 is 1.65. The van der Waals surface area contributed by atoms with Crippen molar-refractivity contribution in [3.05, 3.63) is 45.6 Å². The van der Waals surface area contributed by atoms with E-state index < -0.39 is 11.8 Å². The standard InChI is InChI=1S/C18H22N2O4S/c1-12-8-15(25-11-12)6-7-19-17(21)18(22)20-10-13-4-5-14(23-2)9-16(13)24-3/h4-5,8-9,11H,6-7,10H2,1-3H3,(H,19,21)(H,20,22). The van der Waals surface area contributed by atoms with Crippen molar-refractivity contribution in [2.75, 3.05) is 20.8 Å². The molecule has 0 saturated carbocycles. The first kappa shape index (κ1) is 18.8. The zero-order valence-electron chi connectivity index (χ0n) is 14.5. The van der Waals surface area contributed by atoms with Gasteiger partial charge in [-0.05, 0) is 42.5 Å². The van der Waals surface area contributed by atoms with E-state index in [9.17, 15) is 9.59 Å². The van der Waals surface area contributed by atoms with Crippen molar-refractivity contribution in [3.8, 4) is 11.5 Å². The molecule has 2 N–H and O–H groups in total. The van der Waals surface area contributed by atoms with Crippen LogP contribution in [0, 0.1) is 6.92 Å². The number of carbonyl (C=O) groups excluding carboxylic acids is 2. The van der Waals surface area contributed by atoms with Gasteiger partial charge in [0.05, 0.1) is 14.2 Å².